The molecule has 0 bridgehead atoms. The third-order valence-corrected chi connectivity index (χ3v) is 2.88. The van der Waals surface area contributed by atoms with Crippen molar-refractivity contribution in [2.45, 2.75) is 25.2 Å². The molecule has 71 valence electrons. The van der Waals surface area contributed by atoms with Gasteiger partial charge in [0, 0.05) is 0 Å². The number of carbonyl (C=O) groups excluding carboxylic acids is 1. The van der Waals surface area contributed by atoms with Gasteiger partial charge in [-0.1, -0.05) is 30.5 Å². The molecule has 0 saturated heterocycles. The fourth-order valence-electron chi connectivity index (χ4n) is 2.14. The molecule has 1 aromatic carbocycles. The Hall–Kier alpha value is -1.09. The van der Waals surface area contributed by atoms with Gasteiger partial charge in [0.2, 0.25) is 0 Å². The van der Waals surface area contributed by atoms with E-state index >= 15 is 0 Å². The van der Waals surface area contributed by atoms with Crippen molar-refractivity contribution >= 4 is 19.0 Å². The lowest BCUT2D eigenvalue weighted by Gasteiger charge is -2.13. The molecule has 1 radical (unpaired) electrons. The van der Waals surface area contributed by atoms with Gasteiger partial charge in [0.15, 0.2) is 0 Å². The molecule has 0 fully saturated rings. The number of benzene rings is 1. The fraction of sp³-hybridized carbons (Fsp3) is 0.364. The lowest BCUT2D eigenvalue weighted by molar-refractivity contribution is -0.111. The molecule has 0 saturated carbocycles. The topological polar surface area (TPSA) is 43.1 Å². The van der Waals surface area contributed by atoms with Crippen LogP contribution in [0.3, 0.4) is 0 Å². The number of aldehydes is 1. The van der Waals surface area contributed by atoms with E-state index in [0.717, 1.165) is 6.29 Å². The van der Waals surface area contributed by atoms with E-state index in [0.29, 0.717) is 12.8 Å². The van der Waals surface area contributed by atoms with Crippen molar-refractivity contribution in [1.29, 1.82) is 0 Å². The van der Waals surface area contributed by atoms with E-state index in [1.54, 1.807) is 0 Å². The Balaban J connectivity index is 2.44. The Labute approximate surface area is 84.7 Å². The monoisotopic (exact) mass is 186 g/mol. The number of fused-ring (bicyclic) bond motifs is 1. The van der Waals surface area contributed by atoms with Gasteiger partial charge in [-0.25, -0.2) is 0 Å². The highest BCUT2D eigenvalue weighted by molar-refractivity contribution is 6.52. The van der Waals surface area contributed by atoms with Crippen LogP contribution < -0.4 is 11.2 Å². The van der Waals surface area contributed by atoms with E-state index in [-0.39, 0.29) is 0 Å². The first-order chi connectivity index (χ1) is 6.68. The van der Waals surface area contributed by atoms with Crippen molar-refractivity contribution in [1.82, 2.24) is 0 Å². The molecule has 1 aliphatic carbocycles. The Kier molecular flexibility index (Phi) is 2.19. The highest BCUT2D eigenvalue weighted by Crippen LogP contribution is 2.25. The highest BCUT2D eigenvalue weighted by atomic mass is 16.1. The molecular formula is C11H13BNO. The maximum atomic E-state index is 10.9. The van der Waals surface area contributed by atoms with Gasteiger partial charge < -0.3 is 10.5 Å². The van der Waals surface area contributed by atoms with Gasteiger partial charge in [0.25, 0.3) is 0 Å². The minimum absolute atomic E-state index is 0.665. The third-order valence-electron chi connectivity index (χ3n) is 2.88. The minimum atomic E-state index is -0.665. The smallest absolute Gasteiger partial charge is 0.148 e. The van der Waals surface area contributed by atoms with Gasteiger partial charge in [-0.05, 0) is 24.0 Å². The summed E-state index contributed by atoms with van der Waals surface area (Å²) in [6.07, 6.45) is 2.23. The molecular weight excluding hydrogens is 173 g/mol. The van der Waals surface area contributed by atoms with Crippen LogP contribution >= 0.6 is 0 Å². The van der Waals surface area contributed by atoms with Crippen LogP contribution in [0.4, 0.5) is 0 Å². The zero-order valence-electron chi connectivity index (χ0n) is 8.29. The second-order valence-corrected chi connectivity index (χ2v) is 3.98. The lowest BCUT2D eigenvalue weighted by atomic mass is 9.70. The average molecular weight is 186 g/mol. The minimum Gasteiger partial charge on any atom is -0.319 e. The van der Waals surface area contributed by atoms with Crippen LogP contribution in [0.15, 0.2) is 18.2 Å². The summed E-state index contributed by atoms with van der Waals surface area (Å²) < 4.78 is 0. The van der Waals surface area contributed by atoms with E-state index in [1.807, 2.05) is 12.9 Å². The van der Waals surface area contributed by atoms with Crippen LogP contribution in [0, 0.1) is 0 Å². The first kappa shape index (κ1) is 9.47. The normalized spacial score (nSPS) is 24.4. The van der Waals surface area contributed by atoms with Crippen LogP contribution in [-0.2, 0) is 17.6 Å². The van der Waals surface area contributed by atoms with Crippen molar-refractivity contribution in [3.8, 4) is 0 Å². The van der Waals surface area contributed by atoms with Crippen LogP contribution in [0.1, 0.15) is 11.1 Å². The molecule has 1 aromatic rings. The summed E-state index contributed by atoms with van der Waals surface area (Å²) in [6, 6.07) is 6.14. The first-order valence-electron chi connectivity index (χ1n) is 4.84. The van der Waals surface area contributed by atoms with Gasteiger partial charge in [0.1, 0.15) is 13.6 Å². The third kappa shape index (κ3) is 1.38. The first-order valence-corrected chi connectivity index (χ1v) is 4.84. The summed E-state index contributed by atoms with van der Waals surface area (Å²) in [7, 11) is 2.06. The molecule has 0 aromatic heterocycles. The summed E-state index contributed by atoms with van der Waals surface area (Å²) in [5.74, 6) is 0. The SMILES string of the molecule is C[B]c1cccc2c1CC(N)(C=O)C2. The van der Waals surface area contributed by atoms with Gasteiger partial charge in [0.05, 0.1) is 5.54 Å². The van der Waals surface area contributed by atoms with Gasteiger partial charge in [-0.15, -0.1) is 0 Å². The number of rotatable bonds is 2. The second kappa shape index (κ2) is 3.25. The Morgan fingerprint density at radius 2 is 2.29 bits per heavy atom. The molecule has 1 unspecified atom stereocenters. The Morgan fingerprint density at radius 3 is 2.93 bits per heavy atom. The maximum Gasteiger partial charge on any atom is 0.148 e. The van der Waals surface area contributed by atoms with E-state index in [9.17, 15) is 4.79 Å². The summed E-state index contributed by atoms with van der Waals surface area (Å²) in [4.78, 5) is 10.9. The number of nitrogens with two attached hydrogens (primary N) is 1. The van der Waals surface area contributed by atoms with E-state index in [1.165, 1.54) is 16.6 Å². The quantitative estimate of drug-likeness (QED) is 0.524. The summed E-state index contributed by atoms with van der Waals surface area (Å²) >= 11 is 0. The number of hydrogen-bond donors (Lipinski definition) is 1. The van der Waals surface area contributed by atoms with Gasteiger partial charge in [-0.3, -0.25) is 0 Å². The predicted molar refractivity (Wildman–Crippen MR) is 58.1 cm³/mol. The van der Waals surface area contributed by atoms with Crippen molar-refractivity contribution in [3.05, 3.63) is 29.3 Å². The van der Waals surface area contributed by atoms with E-state index < -0.39 is 5.54 Å². The second-order valence-electron chi connectivity index (χ2n) is 3.98. The van der Waals surface area contributed by atoms with Crippen molar-refractivity contribution in [2.24, 2.45) is 5.73 Å². The van der Waals surface area contributed by atoms with Crippen LogP contribution in [-0.4, -0.2) is 19.1 Å². The molecule has 2 rings (SSSR count). The van der Waals surface area contributed by atoms with E-state index in [2.05, 4.69) is 19.4 Å². The van der Waals surface area contributed by atoms with Crippen LogP contribution in [0.25, 0.3) is 0 Å². The number of hydrogen-bond acceptors (Lipinski definition) is 2. The standard InChI is InChI=1S/C11H13BNO/c1-12-10-4-2-3-8-5-11(13,7-14)6-9(8)10/h2-4,7H,5-6,13H2,1H3. The van der Waals surface area contributed by atoms with Crippen LogP contribution in [0.2, 0.25) is 6.82 Å². The Bertz CT molecular complexity index is 378. The Morgan fingerprint density at radius 1 is 1.50 bits per heavy atom. The average Bonchev–Trinajstić information content (AvgIpc) is 2.54. The fourth-order valence-corrected chi connectivity index (χ4v) is 2.14. The molecule has 14 heavy (non-hydrogen) atoms. The molecule has 0 heterocycles. The zero-order valence-corrected chi connectivity index (χ0v) is 8.29. The highest BCUT2D eigenvalue weighted by Gasteiger charge is 2.33. The van der Waals surface area contributed by atoms with Crippen LogP contribution in [0.5, 0.6) is 0 Å². The summed E-state index contributed by atoms with van der Waals surface area (Å²) in [6.45, 7) is 2.01. The van der Waals surface area contributed by atoms with Gasteiger partial charge in [-0.2, -0.15) is 0 Å². The molecule has 1 aliphatic rings. The molecule has 2 nitrogen and oxygen atoms in total. The molecule has 0 spiro atoms. The molecule has 0 amide bonds. The molecule has 0 aliphatic heterocycles. The van der Waals surface area contributed by atoms with Crippen molar-refractivity contribution in [2.75, 3.05) is 0 Å². The molecule has 1 atom stereocenters. The van der Waals surface area contributed by atoms with E-state index in [4.69, 9.17) is 5.73 Å². The molecule has 2 N–H and O–H groups in total. The van der Waals surface area contributed by atoms with Gasteiger partial charge >= 0.3 is 0 Å². The lowest BCUT2D eigenvalue weighted by Crippen LogP contribution is -2.42. The molecule has 3 heteroatoms. The zero-order chi connectivity index (χ0) is 10.2. The predicted octanol–water partition coefficient (Wildman–Crippen LogP) is 0.0592. The van der Waals surface area contributed by atoms with Crippen molar-refractivity contribution in [3.63, 3.8) is 0 Å². The summed E-state index contributed by atoms with van der Waals surface area (Å²) in [5.41, 5.74) is 8.95. The summed E-state index contributed by atoms with van der Waals surface area (Å²) in [5, 5.41) is 0. The largest absolute Gasteiger partial charge is 0.319 e. The number of carbonyl (C=O) groups is 1. The van der Waals surface area contributed by atoms with Crippen molar-refractivity contribution < 1.29 is 4.79 Å². The maximum absolute atomic E-state index is 10.9.